The first kappa shape index (κ1) is 18.4. The molecular formula is C21H28FN3O2. The number of anilines is 1. The van der Waals surface area contributed by atoms with E-state index in [2.05, 4.69) is 10.6 Å². The van der Waals surface area contributed by atoms with Gasteiger partial charge in [0.1, 0.15) is 5.82 Å². The minimum atomic E-state index is -0.318. The SMILES string of the molecule is O=C(Nc1ccc(F)cc1)C1CCN(C(=O)CC2CC3CCC(C2)N3)CC1. The van der Waals surface area contributed by atoms with Crippen LogP contribution in [0.15, 0.2) is 24.3 Å². The van der Waals surface area contributed by atoms with Gasteiger partial charge in [-0.15, -0.1) is 0 Å². The van der Waals surface area contributed by atoms with Crippen LogP contribution in [0.5, 0.6) is 0 Å². The van der Waals surface area contributed by atoms with Crippen molar-refractivity contribution in [2.45, 2.75) is 57.0 Å². The minimum Gasteiger partial charge on any atom is -0.343 e. The van der Waals surface area contributed by atoms with Crippen LogP contribution in [0.25, 0.3) is 0 Å². The van der Waals surface area contributed by atoms with Gasteiger partial charge in [-0.25, -0.2) is 4.39 Å². The highest BCUT2D eigenvalue weighted by Gasteiger charge is 2.35. The highest BCUT2D eigenvalue weighted by atomic mass is 19.1. The summed E-state index contributed by atoms with van der Waals surface area (Å²) in [4.78, 5) is 27.0. The molecule has 2 amide bonds. The average molecular weight is 373 g/mol. The number of carbonyl (C=O) groups excluding carboxylic acids is 2. The second-order valence-corrected chi connectivity index (χ2v) is 8.33. The monoisotopic (exact) mass is 373 g/mol. The first-order valence-electron chi connectivity index (χ1n) is 10.2. The van der Waals surface area contributed by atoms with E-state index in [4.69, 9.17) is 0 Å². The third-order valence-electron chi connectivity index (χ3n) is 6.36. The number of nitrogens with zero attached hydrogens (tertiary/aromatic N) is 1. The number of rotatable bonds is 4. The molecule has 0 aromatic heterocycles. The molecule has 0 spiro atoms. The maximum atomic E-state index is 13.0. The Bertz CT molecular complexity index is 673. The van der Waals surface area contributed by atoms with E-state index in [1.165, 1.54) is 25.0 Å². The predicted molar refractivity (Wildman–Crippen MR) is 102 cm³/mol. The number of hydrogen-bond donors (Lipinski definition) is 2. The van der Waals surface area contributed by atoms with Crippen LogP contribution in [0.4, 0.5) is 10.1 Å². The Morgan fingerprint density at radius 3 is 2.30 bits per heavy atom. The summed E-state index contributed by atoms with van der Waals surface area (Å²) in [5.74, 6) is 0.313. The topological polar surface area (TPSA) is 61.4 Å². The lowest BCUT2D eigenvalue weighted by atomic mass is 9.88. The number of benzene rings is 1. The molecular weight excluding hydrogens is 345 g/mol. The molecule has 146 valence electrons. The van der Waals surface area contributed by atoms with Gasteiger partial charge in [-0.05, 0) is 68.7 Å². The van der Waals surface area contributed by atoms with Crippen molar-refractivity contribution < 1.29 is 14.0 Å². The smallest absolute Gasteiger partial charge is 0.227 e. The standard InChI is InChI=1S/C21H28FN3O2/c22-16-1-3-17(4-2-16)24-21(27)15-7-9-25(10-8-15)20(26)13-14-11-18-5-6-19(12-14)23-18/h1-4,14-15,18-19,23H,5-13H2,(H,24,27). The van der Waals surface area contributed by atoms with Crippen LogP contribution in [0.3, 0.4) is 0 Å². The molecule has 0 saturated carbocycles. The fourth-order valence-corrected chi connectivity index (χ4v) is 4.89. The molecule has 3 fully saturated rings. The Hall–Kier alpha value is -1.95. The lowest BCUT2D eigenvalue weighted by Crippen LogP contribution is -2.44. The minimum absolute atomic E-state index is 0.0383. The highest BCUT2D eigenvalue weighted by molar-refractivity contribution is 5.92. The van der Waals surface area contributed by atoms with Crippen molar-refractivity contribution in [2.75, 3.05) is 18.4 Å². The molecule has 27 heavy (non-hydrogen) atoms. The van der Waals surface area contributed by atoms with Gasteiger partial charge in [0, 0.05) is 43.2 Å². The summed E-state index contributed by atoms with van der Waals surface area (Å²) in [6.07, 6.45) is 6.79. The quantitative estimate of drug-likeness (QED) is 0.853. The van der Waals surface area contributed by atoms with E-state index in [1.54, 1.807) is 12.1 Å². The van der Waals surface area contributed by atoms with Gasteiger partial charge >= 0.3 is 0 Å². The van der Waals surface area contributed by atoms with Crippen molar-refractivity contribution in [3.63, 3.8) is 0 Å². The van der Waals surface area contributed by atoms with Gasteiger partial charge in [-0.3, -0.25) is 9.59 Å². The normalized spacial score (nSPS) is 28.2. The molecule has 3 heterocycles. The summed E-state index contributed by atoms with van der Waals surface area (Å²) in [7, 11) is 0. The Morgan fingerprint density at radius 2 is 1.67 bits per heavy atom. The van der Waals surface area contributed by atoms with Crippen LogP contribution in [0.2, 0.25) is 0 Å². The molecule has 4 rings (SSSR count). The molecule has 3 aliphatic rings. The number of fused-ring (bicyclic) bond motifs is 2. The Kier molecular flexibility index (Phi) is 5.43. The molecule has 0 aliphatic carbocycles. The lowest BCUT2D eigenvalue weighted by Gasteiger charge is -2.34. The second-order valence-electron chi connectivity index (χ2n) is 8.33. The molecule has 5 nitrogen and oxygen atoms in total. The molecule has 0 radical (unpaired) electrons. The van der Waals surface area contributed by atoms with Crippen LogP contribution in [0.1, 0.15) is 44.9 Å². The third kappa shape index (κ3) is 4.49. The summed E-state index contributed by atoms with van der Waals surface area (Å²) in [5, 5.41) is 6.47. The van der Waals surface area contributed by atoms with E-state index >= 15 is 0 Å². The predicted octanol–water partition coefficient (Wildman–Crippen LogP) is 2.92. The Labute approximate surface area is 159 Å². The molecule has 2 bridgehead atoms. The number of halogens is 1. The molecule has 6 heteroatoms. The maximum absolute atomic E-state index is 13.0. The van der Waals surface area contributed by atoms with Gasteiger partial charge in [-0.2, -0.15) is 0 Å². The van der Waals surface area contributed by atoms with Crippen LogP contribution in [-0.4, -0.2) is 41.9 Å². The van der Waals surface area contributed by atoms with E-state index in [1.807, 2.05) is 4.90 Å². The highest BCUT2D eigenvalue weighted by Crippen LogP contribution is 2.33. The first-order valence-corrected chi connectivity index (χ1v) is 10.2. The number of piperidine rings is 2. The molecule has 1 aromatic rings. The summed E-state index contributed by atoms with van der Waals surface area (Å²) in [6.45, 7) is 1.30. The van der Waals surface area contributed by atoms with Gasteiger partial charge in [0.25, 0.3) is 0 Å². The van der Waals surface area contributed by atoms with Gasteiger partial charge < -0.3 is 15.5 Å². The average Bonchev–Trinajstić information content (AvgIpc) is 3.02. The van der Waals surface area contributed by atoms with Crippen molar-refractivity contribution >= 4 is 17.5 Å². The summed E-state index contributed by atoms with van der Waals surface area (Å²) in [5.41, 5.74) is 0.612. The Balaban J connectivity index is 1.23. The van der Waals surface area contributed by atoms with Crippen LogP contribution in [-0.2, 0) is 9.59 Å². The Morgan fingerprint density at radius 1 is 1.04 bits per heavy atom. The number of hydrogen-bond acceptors (Lipinski definition) is 3. The van der Waals surface area contributed by atoms with E-state index in [0.717, 1.165) is 12.8 Å². The number of carbonyl (C=O) groups is 2. The van der Waals surface area contributed by atoms with E-state index in [-0.39, 0.29) is 23.5 Å². The summed E-state index contributed by atoms with van der Waals surface area (Å²) in [6, 6.07) is 7.04. The van der Waals surface area contributed by atoms with E-state index in [0.29, 0.717) is 56.0 Å². The first-order chi connectivity index (χ1) is 13.1. The van der Waals surface area contributed by atoms with E-state index < -0.39 is 0 Å². The molecule has 3 saturated heterocycles. The van der Waals surface area contributed by atoms with Crippen molar-refractivity contribution in [2.24, 2.45) is 11.8 Å². The zero-order valence-electron chi connectivity index (χ0n) is 15.6. The fraction of sp³-hybridized carbons (Fsp3) is 0.619. The number of nitrogens with one attached hydrogen (secondary N) is 2. The summed E-state index contributed by atoms with van der Waals surface area (Å²) < 4.78 is 13.0. The van der Waals surface area contributed by atoms with Gasteiger partial charge in [-0.1, -0.05) is 0 Å². The van der Waals surface area contributed by atoms with E-state index in [9.17, 15) is 14.0 Å². The molecule has 1 aromatic carbocycles. The molecule has 2 N–H and O–H groups in total. The largest absolute Gasteiger partial charge is 0.343 e. The molecule has 2 atom stereocenters. The zero-order valence-corrected chi connectivity index (χ0v) is 15.6. The third-order valence-corrected chi connectivity index (χ3v) is 6.36. The number of likely N-dealkylation sites (tertiary alicyclic amines) is 1. The zero-order chi connectivity index (χ0) is 18.8. The lowest BCUT2D eigenvalue weighted by molar-refractivity contribution is -0.135. The van der Waals surface area contributed by atoms with Gasteiger partial charge in [0.15, 0.2) is 0 Å². The summed E-state index contributed by atoms with van der Waals surface area (Å²) >= 11 is 0. The van der Waals surface area contributed by atoms with Crippen LogP contribution in [0, 0.1) is 17.7 Å². The van der Waals surface area contributed by atoms with Crippen molar-refractivity contribution in [3.8, 4) is 0 Å². The molecule has 3 aliphatic heterocycles. The second kappa shape index (κ2) is 7.97. The van der Waals surface area contributed by atoms with Gasteiger partial charge in [0.2, 0.25) is 11.8 Å². The number of amides is 2. The molecule has 2 unspecified atom stereocenters. The van der Waals surface area contributed by atoms with Gasteiger partial charge in [0.05, 0.1) is 0 Å². The fourth-order valence-electron chi connectivity index (χ4n) is 4.89. The van der Waals surface area contributed by atoms with Crippen molar-refractivity contribution in [1.82, 2.24) is 10.2 Å². The van der Waals surface area contributed by atoms with Crippen molar-refractivity contribution in [3.05, 3.63) is 30.1 Å². The maximum Gasteiger partial charge on any atom is 0.227 e. The van der Waals surface area contributed by atoms with Crippen molar-refractivity contribution in [1.29, 1.82) is 0 Å². The van der Waals surface area contributed by atoms with Crippen LogP contribution >= 0.6 is 0 Å². The van der Waals surface area contributed by atoms with Crippen LogP contribution < -0.4 is 10.6 Å².